The number of nitrogens with one attached hydrogen (secondary N) is 1. The molecule has 1 aliphatic heterocycles. The van der Waals surface area contributed by atoms with E-state index in [0.29, 0.717) is 18.5 Å². The van der Waals surface area contributed by atoms with Gasteiger partial charge in [-0.3, -0.25) is 4.90 Å². The number of halogens is 3. The topological polar surface area (TPSA) is 15.3 Å². The van der Waals surface area contributed by atoms with Crippen LogP contribution in [0.25, 0.3) is 0 Å². The number of hydrogen-bond acceptors (Lipinski definition) is 2. The van der Waals surface area contributed by atoms with Crippen LogP contribution in [-0.2, 0) is 0 Å². The van der Waals surface area contributed by atoms with Crippen LogP contribution in [-0.4, -0.2) is 42.3 Å². The van der Waals surface area contributed by atoms with E-state index in [1.165, 1.54) is 0 Å². The zero-order valence-electron chi connectivity index (χ0n) is 11.7. The molecule has 0 aliphatic carbocycles. The molecule has 0 radical (unpaired) electrons. The third-order valence-electron chi connectivity index (χ3n) is 4.07. The van der Waals surface area contributed by atoms with E-state index in [2.05, 4.69) is 19.2 Å². The second-order valence-electron chi connectivity index (χ2n) is 5.61. The SMILES string of the molecule is CCC(C)C1CN(C(C)CC(F)(F)F)C(C)CN1. The molecule has 0 saturated carbocycles. The Bertz CT molecular complexity index is 255. The van der Waals surface area contributed by atoms with Gasteiger partial charge in [-0.15, -0.1) is 0 Å². The number of alkyl halides is 3. The van der Waals surface area contributed by atoms with Gasteiger partial charge in [-0.25, -0.2) is 0 Å². The number of piperazine rings is 1. The van der Waals surface area contributed by atoms with Crippen molar-refractivity contribution >= 4 is 0 Å². The summed E-state index contributed by atoms with van der Waals surface area (Å²) in [5.41, 5.74) is 0. The fourth-order valence-corrected chi connectivity index (χ4v) is 2.64. The molecule has 1 N–H and O–H groups in total. The van der Waals surface area contributed by atoms with Crippen LogP contribution in [0.4, 0.5) is 13.2 Å². The van der Waals surface area contributed by atoms with Gasteiger partial charge < -0.3 is 5.32 Å². The summed E-state index contributed by atoms with van der Waals surface area (Å²) in [5.74, 6) is 0.498. The van der Waals surface area contributed by atoms with Crippen molar-refractivity contribution in [1.82, 2.24) is 10.2 Å². The van der Waals surface area contributed by atoms with Gasteiger partial charge in [-0.05, 0) is 19.8 Å². The Labute approximate surface area is 108 Å². The molecule has 4 atom stereocenters. The molecule has 2 nitrogen and oxygen atoms in total. The lowest BCUT2D eigenvalue weighted by atomic mass is 9.94. The van der Waals surface area contributed by atoms with Crippen LogP contribution in [0.1, 0.15) is 40.5 Å². The van der Waals surface area contributed by atoms with E-state index in [0.717, 1.165) is 13.0 Å². The van der Waals surface area contributed by atoms with Crippen molar-refractivity contribution < 1.29 is 13.2 Å². The van der Waals surface area contributed by atoms with Gasteiger partial charge in [0.2, 0.25) is 0 Å². The first-order valence-electron chi connectivity index (χ1n) is 6.80. The van der Waals surface area contributed by atoms with Crippen molar-refractivity contribution in [2.45, 2.75) is 64.8 Å². The number of rotatable bonds is 4. The Hall–Kier alpha value is -0.290. The zero-order chi connectivity index (χ0) is 13.9. The maximum absolute atomic E-state index is 12.5. The lowest BCUT2D eigenvalue weighted by molar-refractivity contribution is -0.149. The van der Waals surface area contributed by atoms with Gasteiger partial charge >= 0.3 is 6.18 Å². The van der Waals surface area contributed by atoms with E-state index < -0.39 is 18.6 Å². The molecule has 1 heterocycles. The van der Waals surface area contributed by atoms with Crippen LogP contribution in [0.15, 0.2) is 0 Å². The summed E-state index contributed by atoms with van der Waals surface area (Å²) < 4.78 is 37.4. The molecule has 5 heteroatoms. The molecule has 0 spiro atoms. The third kappa shape index (κ3) is 4.43. The van der Waals surface area contributed by atoms with Crippen molar-refractivity contribution in [2.24, 2.45) is 5.92 Å². The normalized spacial score (nSPS) is 30.2. The molecule has 0 bridgehead atoms. The van der Waals surface area contributed by atoms with E-state index in [-0.39, 0.29) is 6.04 Å². The van der Waals surface area contributed by atoms with Crippen molar-refractivity contribution in [3.05, 3.63) is 0 Å². The molecule has 108 valence electrons. The molecular formula is C13H25F3N2. The first-order valence-corrected chi connectivity index (χ1v) is 6.80. The van der Waals surface area contributed by atoms with Gasteiger partial charge in [-0.2, -0.15) is 13.2 Å². The fraction of sp³-hybridized carbons (Fsp3) is 1.00. The minimum Gasteiger partial charge on any atom is -0.311 e. The van der Waals surface area contributed by atoms with Crippen molar-refractivity contribution in [2.75, 3.05) is 13.1 Å². The predicted molar refractivity (Wildman–Crippen MR) is 67.5 cm³/mol. The summed E-state index contributed by atoms with van der Waals surface area (Å²) in [6.45, 7) is 9.44. The van der Waals surface area contributed by atoms with Gasteiger partial charge in [0.15, 0.2) is 0 Å². The lowest BCUT2D eigenvalue weighted by Gasteiger charge is -2.44. The minimum atomic E-state index is -4.07. The van der Waals surface area contributed by atoms with E-state index >= 15 is 0 Å². The van der Waals surface area contributed by atoms with Gasteiger partial charge in [0.1, 0.15) is 0 Å². The predicted octanol–water partition coefficient (Wildman–Crippen LogP) is 3.04. The van der Waals surface area contributed by atoms with Gasteiger partial charge in [0.05, 0.1) is 6.42 Å². The van der Waals surface area contributed by atoms with Crippen LogP contribution >= 0.6 is 0 Å². The van der Waals surface area contributed by atoms with Crippen LogP contribution in [0.2, 0.25) is 0 Å². The molecule has 1 aliphatic rings. The highest BCUT2D eigenvalue weighted by Crippen LogP contribution is 2.26. The first kappa shape index (κ1) is 15.8. The molecule has 0 aromatic rings. The maximum Gasteiger partial charge on any atom is 0.390 e. The largest absolute Gasteiger partial charge is 0.390 e. The number of nitrogens with zero attached hydrogens (tertiary/aromatic N) is 1. The highest BCUT2D eigenvalue weighted by molar-refractivity contribution is 4.89. The molecule has 1 saturated heterocycles. The average Bonchev–Trinajstić information content (AvgIpc) is 2.26. The monoisotopic (exact) mass is 266 g/mol. The lowest BCUT2D eigenvalue weighted by Crippen LogP contribution is -2.60. The Morgan fingerprint density at radius 3 is 2.44 bits per heavy atom. The van der Waals surface area contributed by atoms with Crippen LogP contribution in [0.3, 0.4) is 0 Å². The van der Waals surface area contributed by atoms with E-state index in [1.807, 2.05) is 11.8 Å². The Morgan fingerprint density at radius 2 is 1.94 bits per heavy atom. The molecule has 4 unspecified atom stereocenters. The Kier molecular flexibility index (Phi) is 5.46. The smallest absolute Gasteiger partial charge is 0.311 e. The maximum atomic E-state index is 12.5. The summed E-state index contributed by atoms with van der Waals surface area (Å²) in [6, 6.07) is 0.0400. The number of hydrogen-bond donors (Lipinski definition) is 1. The Balaban J connectivity index is 2.61. The molecule has 0 aromatic carbocycles. The molecule has 1 rings (SSSR count). The summed E-state index contributed by atoms with van der Waals surface area (Å²) >= 11 is 0. The highest BCUT2D eigenvalue weighted by atomic mass is 19.4. The van der Waals surface area contributed by atoms with E-state index in [4.69, 9.17) is 0 Å². The summed E-state index contributed by atoms with van der Waals surface area (Å²) in [7, 11) is 0. The summed E-state index contributed by atoms with van der Waals surface area (Å²) in [4.78, 5) is 2.00. The fourth-order valence-electron chi connectivity index (χ4n) is 2.64. The summed E-state index contributed by atoms with van der Waals surface area (Å²) in [5, 5.41) is 3.44. The van der Waals surface area contributed by atoms with Crippen molar-refractivity contribution in [3.8, 4) is 0 Å². The van der Waals surface area contributed by atoms with Crippen LogP contribution < -0.4 is 5.32 Å². The molecule has 0 aromatic heterocycles. The summed E-state index contributed by atoms with van der Waals surface area (Å²) in [6.07, 6.45) is -3.74. The van der Waals surface area contributed by atoms with Crippen LogP contribution in [0.5, 0.6) is 0 Å². The second kappa shape index (κ2) is 6.24. The Morgan fingerprint density at radius 1 is 1.33 bits per heavy atom. The second-order valence-corrected chi connectivity index (χ2v) is 5.61. The van der Waals surface area contributed by atoms with Gasteiger partial charge in [0.25, 0.3) is 0 Å². The molecule has 1 fully saturated rings. The average molecular weight is 266 g/mol. The van der Waals surface area contributed by atoms with E-state index in [1.54, 1.807) is 6.92 Å². The quantitative estimate of drug-likeness (QED) is 0.841. The first-order chi connectivity index (χ1) is 8.24. The molecule has 0 amide bonds. The van der Waals surface area contributed by atoms with Crippen molar-refractivity contribution in [1.29, 1.82) is 0 Å². The zero-order valence-corrected chi connectivity index (χ0v) is 11.7. The van der Waals surface area contributed by atoms with Gasteiger partial charge in [-0.1, -0.05) is 20.3 Å². The highest BCUT2D eigenvalue weighted by Gasteiger charge is 2.36. The molecular weight excluding hydrogens is 241 g/mol. The third-order valence-corrected chi connectivity index (χ3v) is 4.07. The van der Waals surface area contributed by atoms with Crippen molar-refractivity contribution in [3.63, 3.8) is 0 Å². The standard InChI is InChI=1S/C13H25F3N2/c1-5-9(2)12-8-18(11(4)7-17-12)10(3)6-13(14,15)16/h9-12,17H,5-8H2,1-4H3. The van der Waals surface area contributed by atoms with E-state index in [9.17, 15) is 13.2 Å². The minimum absolute atomic E-state index is 0.169. The van der Waals surface area contributed by atoms with Crippen LogP contribution in [0, 0.1) is 5.92 Å². The molecule has 18 heavy (non-hydrogen) atoms. The van der Waals surface area contributed by atoms with Gasteiger partial charge in [0, 0.05) is 31.2 Å².